The molecule has 1 aliphatic heterocycles. The molecule has 4 heteroatoms. The smallest absolute Gasteiger partial charge is 0.107 e. The van der Waals surface area contributed by atoms with E-state index in [0.29, 0.717) is 6.04 Å². The second kappa shape index (κ2) is 4.67. The highest BCUT2D eigenvalue weighted by Gasteiger charge is 2.36. The minimum absolute atomic E-state index is 0.634. The van der Waals surface area contributed by atoms with E-state index in [9.17, 15) is 0 Å². The number of aromatic nitrogens is 1. The molecule has 2 atom stereocenters. The van der Waals surface area contributed by atoms with Crippen LogP contribution in [0.3, 0.4) is 0 Å². The molecule has 2 heterocycles. The molecule has 0 radical (unpaired) electrons. The van der Waals surface area contributed by atoms with Crippen LogP contribution in [0.15, 0.2) is 6.20 Å². The van der Waals surface area contributed by atoms with Crippen LogP contribution in [0.2, 0.25) is 0 Å². The molecule has 1 saturated carbocycles. The average Bonchev–Trinajstić information content (AvgIpc) is 3.07. The summed E-state index contributed by atoms with van der Waals surface area (Å²) in [7, 11) is 0. The fraction of sp³-hybridized carbons (Fsp3) is 0.769. The van der Waals surface area contributed by atoms with Gasteiger partial charge >= 0.3 is 0 Å². The van der Waals surface area contributed by atoms with Gasteiger partial charge in [0.1, 0.15) is 5.01 Å². The van der Waals surface area contributed by atoms with Crippen LogP contribution in [0.4, 0.5) is 0 Å². The van der Waals surface area contributed by atoms with E-state index in [1.807, 2.05) is 17.5 Å². The van der Waals surface area contributed by atoms with Crippen LogP contribution >= 0.6 is 11.3 Å². The van der Waals surface area contributed by atoms with Crippen molar-refractivity contribution in [2.75, 3.05) is 13.1 Å². The number of aryl methyl sites for hydroxylation is 1. The van der Waals surface area contributed by atoms with Crippen LogP contribution < -0.4 is 5.32 Å². The van der Waals surface area contributed by atoms with Gasteiger partial charge in [0.15, 0.2) is 0 Å². The topological polar surface area (TPSA) is 28.2 Å². The summed E-state index contributed by atoms with van der Waals surface area (Å²) in [5.74, 6) is 0.947. The van der Waals surface area contributed by atoms with Gasteiger partial charge in [-0.25, -0.2) is 4.98 Å². The van der Waals surface area contributed by atoms with E-state index >= 15 is 0 Å². The third-order valence-electron chi connectivity index (χ3n) is 3.93. The van der Waals surface area contributed by atoms with Crippen LogP contribution in [0.5, 0.6) is 0 Å². The maximum atomic E-state index is 4.49. The molecule has 94 valence electrons. The van der Waals surface area contributed by atoms with E-state index in [0.717, 1.165) is 25.0 Å². The lowest BCUT2D eigenvalue weighted by Gasteiger charge is -2.38. The maximum absolute atomic E-state index is 4.49. The van der Waals surface area contributed by atoms with Gasteiger partial charge in [-0.1, -0.05) is 0 Å². The molecular formula is C13H21N3S. The second-order valence-electron chi connectivity index (χ2n) is 5.50. The molecule has 0 aromatic carbocycles. The summed E-state index contributed by atoms with van der Waals surface area (Å²) in [6.07, 6.45) is 4.84. The van der Waals surface area contributed by atoms with Crippen molar-refractivity contribution in [3.63, 3.8) is 0 Å². The van der Waals surface area contributed by atoms with E-state index in [2.05, 4.69) is 29.0 Å². The van der Waals surface area contributed by atoms with Gasteiger partial charge in [0.25, 0.3) is 0 Å². The molecule has 3 rings (SSSR count). The Morgan fingerprint density at radius 2 is 2.35 bits per heavy atom. The zero-order valence-electron chi connectivity index (χ0n) is 10.6. The number of nitrogens with zero attached hydrogens (tertiary/aromatic N) is 2. The quantitative estimate of drug-likeness (QED) is 0.891. The van der Waals surface area contributed by atoms with Crippen LogP contribution in [0, 0.1) is 12.8 Å². The molecule has 1 aliphatic carbocycles. The third kappa shape index (κ3) is 2.69. The number of nitrogens with one attached hydrogen (secondary N) is 1. The summed E-state index contributed by atoms with van der Waals surface area (Å²) >= 11 is 1.84. The first-order chi connectivity index (χ1) is 8.22. The highest BCUT2D eigenvalue weighted by Crippen LogP contribution is 2.34. The average molecular weight is 251 g/mol. The second-order valence-corrected chi connectivity index (χ2v) is 6.81. The minimum Gasteiger partial charge on any atom is -0.311 e. The molecule has 3 nitrogen and oxygen atoms in total. The first kappa shape index (κ1) is 11.6. The lowest BCUT2D eigenvalue weighted by Crippen LogP contribution is -2.55. The lowest BCUT2D eigenvalue weighted by atomic mass is 10.1. The largest absolute Gasteiger partial charge is 0.311 e. The Morgan fingerprint density at radius 1 is 1.53 bits per heavy atom. The molecule has 1 aromatic rings. The van der Waals surface area contributed by atoms with Gasteiger partial charge in [-0.3, -0.25) is 4.90 Å². The van der Waals surface area contributed by atoms with Gasteiger partial charge in [-0.2, -0.15) is 0 Å². The molecule has 0 spiro atoms. The SMILES string of the molecule is Cc1cnc(CN2CC(C3CC3)NCC2C)s1. The van der Waals surface area contributed by atoms with Gasteiger partial charge < -0.3 is 5.32 Å². The Kier molecular flexibility index (Phi) is 3.19. The highest BCUT2D eigenvalue weighted by atomic mass is 32.1. The van der Waals surface area contributed by atoms with Crippen molar-refractivity contribution < 1.29 is 0 Å². The van der Waals surface area contributed by atoms with E-state index in [1.165, 1.54) is 29.3 Å². The van der Waals surface area contributed by atoms with Crippen molar-refractivity contribution >= 4 is 11.3 Å². The molecule has 2 fully saturated rings. The predicted octanol–water partition coefficient (Wildman–Crippen LogP) is 2.02. The van der Waals surface area contributed by atoms with Crippen LogP contribution in [-0.2, 0) is 6.54 Å². The summed E-state index contributed by atoms with van der Waals surface area (Å²) < 4.78 is 0. The normalized spacial score (nSPS) is 30.7. The van der Waals surface area contributed by atoms with Gasteiger partial charge in [-0.05, 0) is 32.6 Å². The van der Waals surface area contributed by atoms with Crippen LogP contribution in [-0.4, -0.2) is 35.1 Å². The molecule has 1 aromatic heterocycles. The van der Waals surface area contributed by atoms with Crippen molar-refractivity contribution in [2.45, 2.75) is 45.3 Å². The monoisotopic (exact) mass is 251 g/mol. The first-order valence-electron chi connectivity index (χ1n) is 6.61. The van der Waals surface area contributed by atoms with Gasteiger partial charge in [0.05, 0.1) is 6.54 Å². The van der Waals surface area contributed by atoms with Gasteiger partial charge in [-0.15, -0.1) is 11.3 Å². The van der Waals surface area contributed by atoms with Crippen molar-refractivity contribution in [1.29, 1.82) is 0 Å². The molecule has 0 amide bonds. The fourth-order valence-electron chi connectivity index (χ4n) is 2.63. The Bertz CT molecular complexity index is 386. The summed E-state index contributed by atoms with van der Waals surface area (Å²) in [4.78, 5) is 8.40. The third-order valence-corrected chi connectivity index (χ3v) is 4.83. The lowest BCUT2D eigenvalue weighted by molar-refractivity contribution is 0.125. The summed E-state index contributed by atoms with van der Waals surface area (Å²) in [6.45, 7) is 7.81. The molecule has 0 bridgehead atoms. The van der Waals surface area contributed by atoms with Crippen molar-refractivity contribution in [1.82, 2.24) is 15.2 Å². The van der Waals surface area contributed by atoms with E-state index in [1.54, 1.807) is 0 Å². The fourth-order valence-corrected chi connectivity index (χ4v) is 3.44. The summed E-state index contributed by atoms with van der Waals surface area (Å²) in [5.41, 5.74) is 0. The van der Waals surface area contributed by atoms with Crippen molar-refractivity contribution in [2.24, 2.45) is 5.92 Å². The Morgan fingerprint density at radius 3 is 3.00 bits per heavy atom. The minimum atomic E-state index is 0.634. The molecule has 2 aliphatic rings. The number of hydrogen-bond acceptors (Lipinski definition) is 4. The summed E-state index contributed by atoms with van der Waals surface area (Å²) in [6, 6.07) is 1.36. The molecule has 1 saturated heterocycles. The molecule has 17 heavy (non-hydrogen) atoms. The number of piperazine rings is 1. The molecule has 2 unspecified atom stereocenters. The van der Waals surface area contributed by atoms with Crippen LogP contribution in [0.1, 0.15) is 29.7 Å². The zero-order chi connectivity index (χ0) is 11.8. The van der Waals surface area contributed by atoms with Crippen LogP contribution in [0.25, 0.3) is 0 Å². The Hall–Kier alpha value is -0.450. The predicted molar refractivity (Wildman–Crippen MR) is 71.2 cm³/mol. The van der Waals surface area contributed by atoms with E-state index in [-0.39, 0.29) is 0 Å². The number of thiazole rings is 1. The zero-order valence-corrected chi connectivity index (χ0v) is 11.5. The van der Waals surface area contributed by atoms with E-state index in [4.69, 9.17) is 0 Å². The van der Waals surface area contributed by atoms with Crippen molar-refractivity contribution in [3.05, 3.63) is 16.1 Å². The molecular weight excluding hydrogens is 230 g/mol. The summed E-state index contributed by atoms with van der Waals surface area (Å²) in [5, 5.41) is 4.96. The van der Waals surface area contributed by atoms with Gasteiger partial charge in [0.2, 0.25) is 0 Å². The van der Waals surface area contributed by atoms with Crippen molar-refractivity contribution in [3.8, 4) is 0 Å². The van der Waals surface area contributed by atoms with Gasteiger partial charge in [0, 0.05) is 36.2 Å². The Labute approximate surface area is 107 Å². The maximum Gasteiger partial charge on any atom is 0.107 e. The molecule has 1 N–H and O–H groups in total. The van der Waals surface area contributed by atoms with E-state index < -0.39 is 0 Å². The number of rotatable bonds is 3. The number of hydrogen-bond donors (Lipinski definition) is 1. The standard InChI is InChI=1S/C13H21N3S/c1-9-5-14-12(11-3-4-11)7-16(9)8-13-15-6-10(2)17-13/h6,9,11-12,14H,3-5,7-8H2,1-2H3. The first-order valence-corrected chi connectivity index (χ1v) is 7.43. The Balaban J connectivity index is 1.63. The highest BCUT2D eigenvalue weighted by molar-refractivity contribution is 7.11.